The fraction of sp³-hybridized carbons (Fsp3) is 0.409. The van der Waals surface area contributed by atoms with Crippen LogP contribution in [0, 0.1) is 0 Å². The molecule has 0 unspecified atom stereocenters. The van der Waals surface area contributed by atoms with Crippen molar-refractivity contribution in [3.05, 3.63) is 47.5 Å². The van der Waals surface area contributed by atoms with Crippen LogP contribution >= 0.6 is 0 Å². The molecule has 34 heavy (non-hydrogen) atoms. The van der Waals surface area contributed by atoms with Gasteiger partial charge in [0.15, 0.2) is 9.84 Å². The molecule has 1 heterocycles. The Morgan fingerprint density at radius 1 is 1.12 bits per heavy atom. The molecule has 0 aromatic heterocycles. The second-order valence-corrected chi connectivity index (χ2v) is 12.4. The number of rotatable bonds is 7. The van der Waals surface area contributed by atoms with Crippen LogP contribution in [0.2, 0.25) is 0 Å². The van der Waals surface area contributed by atoms with E-state index < -0.39 is 38.3 Å². The number of nitrogens with one attached hydrogen (secondary N) is 1. The number of anilines is 2. The molecule has 0 amide bonds. The SMILES string of the molecule is CS(=O)(=O)c1ccc(N2CCCC(F)(F)C2)c(NS(=O)(=O)c2cc(C(=O)O)ccc2C2CC2)c1. The van der Waals surface area contributed by atoms with E-state index in [9.17, 15) is 35.5 Å². The summed E-state index contributed by atoms with van der Waals surface area (Å²) in [5.41, 5.74) is 0.203. The predicted octanol–water partition coefficient (Wildman–Crippen LogP) is 3.70. The second kappa shape index (κ2) is 8.49. The van der Waals surface area contributed by atoms with Crippen molar-refractivity contribution in [3.63, 3.8) is 0 Å². The number of sulfone groups is 1. The molecule has 2 aromatic rings. The predicted molar refractivity (Wildman–Crippen MR) is 122 cm³/mol. The fourth-order valence-electron chi connectivity index (χ4n) is 4.11. The van der Waals surface area contributed by atoms with Crippen molar-refractivity contribution in [2.24, 2.45) is 0 Å². The van der Waals surface area contributed by atoms with Crippen molar-refractivity contribution in [1.29, 1.82) is 0 Å². The van der Waals surface area contributed by atoms with Gasteiger partial charge in [-0.2, -0.15) is 0 Å². The first-order valence-electron chi connectivity index (χ1n) is 10.6. The van der Waals surface area contributed by atoms with Crippen molar-refractivity contribution in [2.45, 2.75) is 47.3 Å². The molecule has 0 spiro atoms. The third-order valence-electron chi connectivity index (χ3n) is 5.94. The maximum atomic E-state index is 14.1. The van der Waals surface area contributed by atoms with Crippen molar-refractivity contribution in [2.75, 3.05) is 29.0 Å². The van der Waals surface area contributed by atoms with E-state index in [-0.39, 0.29) is 52.0 Å². The summed E-state index contributed by atoms with van der Waals surface area (Å²) in [7, 11) is -8.10. The average Bonchev–Trinajstić information content (AvgIpc) is 3.57. The van der Waals surface area contributed by atoms with Crippen LogP contribution < -0.4 is 9.62 Å². The van der Waals surface area contributed by atoms with E-state index in [0.717, 1.165) is 31.2 Å². The summed E-state index contributed by atoms with van der Waals surface area (Å²) in [4.78, 5) is 12.4. The first-order valence-corrected chi connectivity index (χ1v) is 14.0. The highest BCUT2D eigenvalue weighted by atomic mass is 32.2. The summed E-state index contributed by atoms with van der Waals surface area (Å²) in [5, 5.41) is 9.34. The third kappa shape index (κ3) is 5.17. The van der Waals surface area contributed by atoms with Crippen LogP contribution in [0.4, 0.5) is 20.2 Å². The molecule has 2 fully saturated rings. The Kier molecular flexibility index (Phi) is 6.09. The van der Waals surface area contributed by atoms with Gasteiger partial charge in [-0.15, -0.1) is 0 Å². The largest absolute Gasteiger partial charge is 0.478 e. The van der Waals surface area contributed by atoms with Crippen molar-refractivity contribution < 1.29 is 35.5 Å². The van der Waals surface area contributed by atoms with Gasteiger partial charge in [-0.25, -0.2) is 30.4 Å². The number of carboxylic acids is 1. The summed E-state index contributed by atoms with van der Waals surface area (Å²) in [6.07, 6.45) is 2.36. The molecule has 0 bridgehead atoms. The maximum Gasteiger partial charge on any atom is 0.335 e. The Hall–Kier alpha value is -2.73. The molecular formula is C22H24F2N2O6S2. The average molecular weight is 515 g/mol. The van der Waals surface area contributed by atoms with Gasteiger partial charge in [0, 0.05) is 19.2 Å². The summed E-state index contributed by atoms with van der Waals surface area (Å²) in [6.45, 7) is -0.397. The molecule has 0 atom stereocenters. The highest BCUT2D eigenvalue weighted by molar-refractivity contribution is 7.92. The Morgan fingerprint density at radius 2 is 1.82 bits per heavy atom. The molecule has 8 nitrogen and oxygen atoms in total. The summed E-state index contributed by atoms with van der Waals surface area (Å²) >= 11 is 0. The number of aromatic carboxylic acids is 1. The molecule has 2 aliphatic rings. The minimum absolute atomic E-state index is 0.0305. The number of piperidine rings is 1. The van der Waals surface area contributed by atoms with Gasteiger partial charge >= 0.3 is 5.97 Å². The van der Waals surface area contributed by atoms with Crippen LogP contribution in [0.1, 0.15) is 47.5 Å². The van der Waals surface area contributed by atoms with E-state index in [1.54, 1.807) is 0 Å². The highest BCUT2D eigenvalue weighted by Gasteiger charge is 2.37. The number of carboxylic acid groups (broad SMARTS) is 1. The van der Waals surface area contributed by atoms with E-state index in [2.05, 4.69) is 4.72 Å². The van der Waals surface area contributed by atoms with Crippen LogP contribution in [0.25, 0.3) is 0 Å². The van der Waals surface area contributed by atoms with Crippen LogP contribution in [-0.4, -0.2) is 53.2 Å². The van der Waals surface area contributed by atoms with E-state index in [1.807, 2.05) is 0 Å². The number of hydrogen-bond acceptors (Lipinski definition) is 6. The number of carbonyl (C=O) groups is 1. The molecule has 1 aliphatic heterocycles. The fourth-order valence-corrected chi connectivity index (χ4v) is 6.14. The summed E-state index contributed by atoms with van der Waals surface area (Å²) in [6, 6.07) is 7.52. The van der Waals surface area contributed by atoms with Gasteiger partial charge in [-0.3, -0.25) is 4.72 Å². The zero-order valence-electron chi connectivity index (χ0n) is 18.3. The van der Waals surface area contributed by atoms with Crippen LogP contribution in [-0.2, 0) is 19.9 Å². The molecule has 2 N–H and O–H groups in total. The first kappa shape index (κ1) is 24.4. The quantitative estimate of drug-likeness (QED) is 0.578. The molecule has 1 saturated carbocycles. The molecule has 0 radical (unpaired) electrons. The second-order valence-electron chi connectivity index (χ2n) is 8.77. The monoisotopic (exact) mass is 514 g/mol. The van der Waals surface area contributed by atoms with E-state index >= 15 is 0 Å². The van der Waals surface area contributed by atoms with E-state index in [1.165, 1.54) is 29.2 Å². The first-order chi connectivity index (χ1) is 15.8. The van der Waals surface area contributed by atoms with Gasteiger partial charge in [0.05, 0.1) is 33.3 Å². The van der Waals surface area contributed by atoms with Gasteiger partial charge in [-0.05, 0) is 61.1 Å². The van der Waals surface area contributed by atoms with Crippen molar-refractivity contribution in [1.82, 2.24) is 0 Å². The zero-order valence-corrected chi connectivity index (χ0v) is 19.9. The van der Waals surface area contributed by atoms with Crippen molar-refractivity contribution >= 4 is 37.2 Å². The topological polar surface area (TPSA) is 121 Å². The lowest BCUT2D eigenvalue weighted by Crippen LogP contribution is -2.43. The smallest absolute Gasteiger partial charge is 0.335 e. The Labute approximate surface area is 196 Å². The molecule has 184 valence electrons. The normalized spacial score (nSPS) is 18.5. The van der Waals surface area contributed by atoms with Gasteiger partial charge in [0.25, 0.3) is 15.9 Å². The van der Waals surface area contributed by atoms with Gasteiger partial charge in [0.1, 0.15) is 0 Å². The Bertz CT molecular complexity index is 1360. The lowest BCUT2D eigenvalue weighted by atomic mass is 10.1. The maximum absolute atomic E-state index is 14.1. The molecule has 1 aliphatic carbocycles. The zero-order chi connectivity index (χ0) is 24.9. The number of benzene rings is 2. The van der Waals surface area contributed by atoms with Gasteiger partial charge < -0.3 is 10.0 Å². The van der Waals surface area contributed by atoms with Crippen LogP contribution in [0.3, 0.4) is 0 Å². The number of halogens is 2. The molecular weight excluding hydrogens is 490 g/mol. The van der Waals surface area contributed by atoms with E-state index in [4.69, 9.17) is 0 Å². The van der Waals surface area contributed by atoms with Crippen LogP contribution in [0.15, 0.2) is 46.2 Å². The minimum Gasteiger partial charge on any atom is -0.478 e. The molecule has 4 rings (SSSR count). The van der Waals surface area contributed by atoms with Gasteiger partial charge in [0.2, 0.25) is 0 Å². The molecule has 1 saturated heterocycles. The standard InChI is InChI=1S/C22H24F2N2O6S2/c1-33(29,30)16-6-8-19(26-10-2-9-22(23,24)13-26)18(12-16)25-34(31,32)20-11-15(21(27)28)5-7-17(20)14-3-4-14/h5-8,11-12,14,25H,2-4,9-10,13H2,1H3,(H,27,28). The van der Waals surface area contributed by atoms with Gasteiger partial charge in [-0.1, -0.05) is 6.07 Å². The Balaban J connectivity index is 1.81. The number of sulfonamides is 1. The lowest BCUT2D eigenvalue weighted by Gasteiger charge is -2.35. The molecule has 2 aromatic carbocycles. The minimum atomic E-state index is -4.38. The Morgan fingerprint density at radius 3 is 2.41 bits per heavy atom. The van der Waals surface area contributed by atoms with E-state index in [0.29, 0.717) is 5.56 Å². The number of nitrogens with zero attached hydrogens (tertiary/aromatic N) is 1. The summed E-state index contributed by atoms with van der Waals surface area (Å²) in [5.74, 6) is -4.30. The molecule has 12 heteroatoms. The third-order valence-corrected chi connectivity index (χ3v) is 8.47. The summed E-state index contributed by atoms with van der Waals surface area (Å²) < 4.78 is 81.6. The van der Waals surface area contributed by atoms with Crippen molar-refractivity contribution in [3.8, 4) is 0 Å². The lowest BCUT2D eigenvalue weighted by molar-refractivity contribution is -0.0116. The highest BCUT2D eigenvalue weighted by Crippen LogP contribution is 2.44. The number of hydrogen-bond donors (Lipinski definition) is 2. The van der Waals surface area contributed by atoms with Crippen LogP contribution in [0.5, 0.6) is 0 Å². The number of alkyl halides is 2.